The van der Waals surface area contributed by atoms with E-state index in [0.717, 1.165) is 5.92 Å². The fraction of sp³-hybridized carbons (Fsp3) is 1.00. The van der Waals surface area contributed by atoms with Crippen LogP contribution in [0.25, 0.3) is 0 Å². The first-order chi connectivity index (χ1) is 4.34. The van der Waals surface area contributed by atoms with E-state index in [2.05, 4.69) is 6.92 Å². The van der Waals surface area contributed by atoms with Crippen molar-refractivity contribution in [2.24, 2.45) is 5.92 Å². The van der Waals surface area contributed by atoms with Crippen LogP contribution in [0.4, 0.5) is 0 Å². The van der Waals surface area contributed by atoms with Crippen molar-refractivity contribution in [2.75, 3.05) is 0 Å². The third kappa shape index (κ3) is 2.42. The molecular weight excluding hydrogens is 107 g/mol. The molecule has 1 fully saturated rings. The van der Waals surface area contributed by atoms with Gasteiger partial charge in [0, 0.05) is 0 Å². The van der Waals surface area contributed by atoms with Gasteiger partial charge in [-0.2, -0.15) is 0 Å². The van der Waals surface area contributed by atoms with Gasteiger partial charge in [-0.3, -0.25) is 0 Å². The molecule has 50 valence electrons. The van der Waals surface area contributed by atoms with Crippen LogP contribution in [0.2, 0.25) is 5.82 Å². The predicted octanol–water partition coefficient (Wildman–Crippen LogP) is 2.54. The highest BCUT2D eigenvalue weighted by molar-refractivity contribution is 6.13. The number of hydrogen-bond acceptors (Lipinski definition) is 0. The summed E-state index contributed by atoms with van der Waals surface area (Å²) >= 11 is 0. The average molecular weight is 122 g/mol. The summed E-state index contributed by atoms with van der Waals surface area (Å²) in [5, 5.41) is 0. The van der Waals surface area contributed by atoms with E-state index in [4.69, 9.17) is 7.85 Å². The lowest BCUT2D eigenvalue weighted by Gasteiger charge is -1.94. The fourth-order valence-corrected chi connectivity index (χ4v) is 1.26. The Balaban J connectivity index is 1.83. The normalized spacial score (nSPS) is 32.6. The minimum Gasteiger partial charge on any atom is -0.0744 e. The third-order valence-corrected chi connectivity index (χ3v) is 2.16. The molecule has 1 aliphatic rings. The van der Waals surface area contributed by atoms with Crippen LogP contribution in [0, 0.1) is 5.92 Å². The van der Waals surface area contributed by atoms with E-state index in [0.29, 0.717) is 5.82 Å². The molecule has 0 N–H and O–H groups in total. The maximum Gasteiger partial charge on any atom is 0.0703 e. The molecular formula is C8H15B. The molecule has 1 rings (SSSR count). The van der Waals surface area contributed by atoms with Gasteiger partial charge in [0.25, 0.3) is 0 Å². The van der Waals surface area contributed by atoms with Crippen LogP contribution in [0.3, 0.4) is 0 Å². The van der Waals surface area contributed by atoms with Gasteiger partial charge in [0.05, 0.1) is 7.85 Å². The Morgan fingerprint density at radius 3 is 2.56 bits per heavy atom. The predicted molar refractivity (Wildman–Crippen MR) is 41.8 cm³/mol. The average Bonchev–Trinajstić information content (AvgIpc) is 2.48. The van der Waals surface area contributed by atoms with Gasteiger partial charge in [-0.1, -0.05) is 44.8 Å². The lowest BCUT2D eigenvalue weighted by molar-refractivity contribution is 0.620. The first kappa shape index (κ1) is 7.18. The molecule has 1 saturated carbocycles. The van der Waals surface area contributed by atoms with Crippen LogP contribution < -0.4 is 0 Å². The van der Waals surface area contributed by atoms with Gasteiger partial charge < -0.3 is 0 Å². The number of hydrogen-bond donors (Lipinski definition) is 0. The zero-order valence-electron chi connectivity index (χ0n) is 6.27. The van der Waals surface area contributed by atoms with Crippen molar-refractivity contribution in [1.82, 2.24) is 0 Å². The minimum atomic E-state index is 0.571. The molecule has 1 heteroatoms. The molecule has 0 aromatic rings. The largest absolute Gasteiger partial charge is 0.0744 e. The van der Waals surface area contributed by atoms with Crippen LogP contribution in [-0.2, 0) is 0 Å². The molecule has 0 heterocycles. The molecule has 9 heavy (non-hydrogen) atoms. The van der Waals surface area contributed by atoms with Crippen LogP contribution >= 0.6 is 0 Å². The molecule has 0 aromatic carbocycles. The van der Waals surface area contributed by atoms with Crippen molar-refractivity contribution in [3.8, 4) is 0 Å². The van der Waals surface area contributed by atoms with E-state index < -0.39 is 0 Å². The van der Waals surface area contributed by atoms with E-state index in [-0.39, 0.29) is 0 Å². The third-order valence-electron chi connectivity index (χ3n) is 2.16. The standard InChI is InChI=1S/C8H15B/c1-2-3-4-5-7-6-8(7)9/h7-8H,2-6H2,1H3/t7-,8-/m1/s1. The Morgan fingerprint density at radius 2 is 2.11 bits per heavy atom. The molecule has 0 aromatic heterocycles. The monoisotopic (exact) mass is 122 g/mol. The fourth-order valence-electron chi connectivity index (χ4n) is 1.26. The quantitative estimate of drug-likeness (QED) is 0.397. The Kier molecular flexibility index (Phi) is 2.62. The summed E-state index contributed by atoms with van der Waals surface area (Å²) in [5.74, 6) is 1.47. The Hall–Kier alpha value is 0.0649. The summed E-state index contributed by atoms with van der Waals surface area (Å²) in [6.07, 6.45) is 6.80. The number of rotatable bonds is 4. The second kappa shape index (κ2) is 3.29. The van der Waals surface area contributed by atoms with E-state index in [1.165, 1.54) is 32.1 Å². The van der Waals surface area contributed by atoms with Crippen molar-refractivity contribution >= 4 is 7.85 Å². The van der Waals surface area contributed by atoms with Crippen LogP contribution in [-0.4, -0.2) is 7.85 Å². The summed E-state index contributed by atoms with van der Waals surface area (Å²) in [7, 11) is 5.65. The summed E-state index contributed by atoms with van der Waals surface area (Å²) in [5.41, 5.74) is 0. The van der Waals surface area contributed by atoms with Crippen molar-refractivity contribution in [3.63, 3.8) is 0 Å². The molecule has 0 spiro atoms. The SMILES string of the molecule is [B][C@@H]1C[C@H]1CCCCC. The van der Waals surface area contributed by atoms with E-state index in [1.807, 2.05) is 0 Å². The zero-order chi connectivity index (χ0) is 6.69. The Morgan fingerprint density at radius 1 is 1.44 bits per heavy atom. The second-order valence-electron chi connectivity index (χ2n) is 3.16. The summed E-state index contributed by atoms with van der Waals surface area (Å²) in [4.78, 5) is 0. The van der Waals surface area contributed by atoms with E-state index in [9.17, 15) is 0 Å². The van der Waals surface area contributed by atoms with E-state index in [1.54, 1.807) is 0 Å². The molecule has 0 nitrogen and oxygen atoms in total. The molecule has 0 amide bonds. The van der Waals surface area contributed by atoms with Crippen molar-refractivity contribution in [3.05, 3.63) is 0 Å². The van der Waals surface area contributed by atoms with Crippen molar-refractivity contribution in [2.45, 2.75) is 44.8 Å². The van der Waals surface area contributed by atoms with Gasteiger partial charge in [-0.25, -0.2) is 0 Å². The highest BCUT2D eigenvalue weighted by Gasteiger charge is 2.30. The minimum absolute atomic E-state index is 0.571. The van der Waals surface area contributed by atoms with Gasteiger partial charge in [-0.05, 0) is 5.92 Å². The molecule has 0 saturated heterocycles. The van der Waals surface area contributed by atoms with Crippen LogP contribution in [0.1, 0.15) is 39.0 Å². The summed E-state index contributed by atoms with van der Waals surface area (Å²) < 4.78 is 0. The van der Waals surface area contributed by atoms with Gasteiger partial charge >= 0.3 is 0 Å². The molecule has 2 radical (unpaired) electrons. The maximum absolute atomic E-state index is 5.65. The highest BCUT2D eigenvalue weighted by Crippen LogP contribution is 2.45. The first-order valence-corrected chi connectivity index (χ1v) is 4.10. The summed E-state index contributed by atoms with van der Waals surface area (Å²) in [6, 6.07) is 0. The highest BCUT2D eigenvalue weighted by atomic mass is 14.3. The van der Waals surface area contributed by atoms with Gasteiger partial charge in [0.1, 0.15) is 0 Å². The first-order valence-electron chi connectivity index (χ1n) is 4.10. The smallest absolute Gasteiger partial charge is 0.0703 e. The van der Waals surface area contributed by atoms with Gasteiger partial charge in [-0.15, -0.1) is 0 Å². The summed E-state index contributed by atoms with van der Waals surface area (Å²) in [6.45, 7) is 2.24. The lowest BCUT2D eigenvalue weighted by atomic mass is 9.98. The van der Waals surface area contributed by atoms with Crippen molar-refractivity contribution < 1.29 is 0 Å². The zero-order valence-corrected chi connectivity index (χ0v) is 6.27. The molecule has 0 aliphatic heterocycles. The second-order valence-corrected chi connectivity index (χ2v) is 3.16. The van der Waals surface area contributed by atoms with Crippen LogP contribution in [0.15, 0.2) is 0 Å². The molecule has 2 atom stereocenters. The lowest BCUT2D eigenvalue weighted by Crippen LogP contribution is -1.79. The maximum atomic E-state index is 5.65. The molecule has 1 aliphatic carbocycles. The molecule has 0 unspecified atom stereocenters. The Labute approximate surface area is 59.4 Å². The molecule has 0 bridgehead atoms. The van der Waals surface area contributed by atoms with E-state index >= 15 is 0 Å². The van der Waals surface area contributed by atoms with Gasteiger partial charge in [0.2, 0.25) is 0 Å². The van der Waals surface area contributed by atoms with Crippen molar-refractivity contribution in [1.29, 1.82) is 0 Å². The van der Waals surface area contributed by atoms with Crippen LogP contribution in [0.5, 0.6) is 0 Å². The topological polar surface area (TPSA) is 0 Å². The van der Waals surface area contributed by atoms with Gasteiger partial charge in [0.15, 0.2) is 0 Å². The number of unbranched alkanes of at least 4 members (excludes halogenated alkanes) is 2. The Bertz CT molecular complexity index is 80.6.